The molecular weight excluding hydrogens is 258 g/mol. The number of aliphatic hydroxyl groups excluding tert-OH is 1. The van der Waals surface area contributed by atoms with E-state index in [9.17, 15) is 5.11 Å². The van der Waals surface area contributed by atoms with Crippen LogP contribution in [0.2, 0.25) is 0 Å². The van der Waals surface area contributed by atoms with Gasteiger partial charge in [0, 0.05) is 12.0 Å². The van der Waals surface area contributed by atoms with Crippen molar-refractivity contribution in [1.29, 1.82) is 0 Å². The molecule has 1 saturated heterocycles. The third-order valence-electron chi connectivity index (χ3n) is 5.74. The first kappa shape index (κ1) is 17.3. The highest BCUT2D eigenvalue weighted by molar-refractivity contribution is 4.88. The van der Waals surface area contributed by atoms with Crippen LogP contribution in [0.4, 0.5) is 0 Å². The minimum Gasteiger partial charge on any atom is -0.393 e. The van der Waals surface area contributed by atoms with E-state index in [4.69, 9.17) is 0 Å². The summed E-state index contributed by atoms with van der Waals surface area (Å²) in [4.78, 5) is 2.74. The SMILES string of the molecule is CCCCCCCCN1CCCCC1C1CCCCC1O. The van der Waals surface area contributed by atoms with Gasteiger partial charge in [-0.15, -0.1) is 0 Å². The fourth-order valence-electron chi connectivity index (χ4n) is 4.46. The molecule has 0 aromatic rings. The van der Waals surface area contributed by atoms with Crippen LogP contribution in [0.5, 0.6) is 0 Å². The highest BCUT2D eigenvalue weighted by Crippen LogP contribution is 2.34. The molecule has 0 spiro atoms. The molecule has 0 aromatic carbocycles. The van der Waals surface area contributed by atoms with Crippen LogP contribution in [-0.2, 0) is 0 Å². The Kier molecular flexibility index (Phi) is 8.10. The van der Waals surface area contributed by atoms with Crippen molar-refractivity contribution < 1.29 is 5.11 Å². The number of hydrogen-bond acceptors (Lipinski definition) is 2. The molecule has 0 amide bonds. The molecule has 0 aromatic heterocycles. The summed E-state index contributed by atoms with van der Waals surface area (Å²) >= 11 is 0. The maximum absolute atomic E-state index is 10.4. The van der Waals surface area contributed by atoms with Crippen molar-refractivity contribution in [2.45, 2.75) is 103 Å². The van der Waals surface area contributed by atoms with E-state index in [0.29, 0.717) is 12.0 Å². The lowest BCUT2D eigenvalue weighted by atomic mass is 9.78. The zero-order valence-electron chi connectivity index (χ0n) is 14.2. The van der Waals surface area contributed by atoms with Gasteiger partial charge in [-0.1, -0.05) is 58.3 Å². The molecule has 0 radical (unpaired) electrons. The largest absolute Gasteiger partial charge is 0.393 e. The summed E-state index contributed by atoms with van der Waals surface area (Å²) in [5, 5.41) is 10.4. The van der Waals surface area contributed by atoms with Gasteiger partial charge in [0.1, 0.15) is 0 Å². The van der Waals surface area contributed by atoms with Gasteiger partial charge in [0.15, 0.2) is 0 Å². The van der Waals surface area contributed by atoms with E-state index < -0.39 is 0 Å². The van der Waals surface area contributed by atoms with E-state index in [2.05, 4.69) is 11.8 Å². The van der Waals surface area contributed by atoms with E-state index in [-0.39, 0.29) is 6.10 Å². The Morgan fingerprint density at radius 2 is 1.57 bits per heavy atom. The van der Waals surface area contributed by atoms with Gasteiger partial charge < -0.3 is 10.0 Å². The second kappa shape index (κ2) is 9.84. The average molecular weight is 296 g/mol. The number of likely N-dealkylation sites (tertiary alicyclic amines) is 1. The first-order valence-electron chi connectivity index (χ1n) is 9.75. The topological polar surface area (TPSA) is 23.5 Å². The second-order valence-corrected chi connectivity index (χ2v) is 7.38. The van der Waals surface area contributed by atoms with Crippen LogP contribution in [0.3, 0.4) is 0 Å². The Labute approximate surface area is 132 Å². The smallest absolute Gasteiger partial charge is 0.0583 e. The summed E-state index contributed by atoms with van der Waals surface area (Å²) in [5.41, 5.74) is 0. The summed E-state index contributed by atoms with van der Waals surface area (Å²) in [6.07, 6.45) is 17.3. The normalized spacial score (nSPS) is 31.4. The van der Waals surface area contributed by atoms with Crippen LogP contribution < -0.4 is 0 Å². The van der Waals surface area contributed by atoms with E-state index in [1.807, 2.05) is 0 Å². The lowest BCUT2D eigenvalue weighted by Gasteiger charge is -2.44. The number of hydrogen-bond donors (Lipinski definition) is 1. The standard InChI is InChI=1S/C19H37NO/c1-2-3-4-5-6-10-15-20-16-11-9-13-18(20)17-12-7-8-14-19(17)21/h17-19,21H,2-16H2,1H3. The Balaban J connectivity index is 1.73. The van der Waals surface area contributed by atoms with Crippen LogP contribution in [0.1, 0.15) is 90.4 Å². The predicted molar refractivity (Wildman–Crippen MR) is 90.6 cm³/mol. The maximum atomic E-state index is 10.4. The van der Waals surface area contributed by atoms with Crippen LogP contribution in [-0.4, -0.2) is 35.2 Å². The van der Waals surface area contributed by atoms with Crippen molar-refractivity contribution in [2.75, 3.05) is 13.1 Å². The van der Waals surface area contributed by atoms with E-state index in [1.165, 1.54) is 90.1 Å². The van der Waals surface area contributed by atoms with E-state index in [0.717, 1.165) is 6.42 Å². The molecule has 0 bridgehead atoms. The third-order valence-corrected chi connectivity index (χ3v) is 5.74. The number of piperidine rings is 1. The first-order valence-corrected chi connectivity index (χ1v) is 9.75. The third kappa shape index (κ3) is 5.56. The van der Waals surface area contributed by atoms with Gasteiger partial charge in [-0.2, -0.15) is 0 Å². The molecule has 2 fully saturated rings. The molecule has 1 heterocycles. The highest BCUT2D eigenvalue weighted by atomic mass is 16.3. The van der Waals surface area contributed by atoms with Crippen LogP contribution >= 0.6 is 0 Å². The summed E-state index contributed by atoms with van der Waals surface area (Å²) in [7, 11) is 0. The van der Waals surface area contributed by atoms with Gasteiger partial charge in [0.25, 0.3) is 0 Å². The van der Waals surface area contributed by atoms with Crippen molar-refractivity contribution in [1.82, 2.24) is 4.90 Å². The van der Waals surface area contributed by atoms with Crippen molar-refractivity contribution in [3.8, 4) is 0 Å². The highest BCUT2D eigenvalue weighted by Gasteiger charge is 2.35. The summed E-state index contributed by atoms with van der Waals surface area (Å²) in [5.74, 6) is 0.569. The first-order chi connectivity index (χ1) is 10.3. The van der Waals surface area contributed by atoms with Gasteiger partial charge in [-0.3, -0.25) is 0 Å². The summed E-state index contributed by atoms with van der Waals surface area (Å²) in [6, 6.07) is 0.685. The molecule has 2 heteroatoms. The van der Waals surface area contributed by atoms with Crippen molar-refractivity contribution >= 4 is 0 Å². The molecule has 1 N–H and O–H groups in total. The Morgan fingerprint density at radius 3 is 2.38 bits per heavy atom. The minimum absolute atomic E-state index is 0.0195. The molecule has 1 aliphatic heterocycles. The van der Waals surface area contributed by atoms with Gasteiger partial charge in [-0.25, -0.2) is 0 Å². The quantitative estimate of drug-likeness (QED) is 0.653. The number of unbranched alkanes of at least 4 members (excludes halogenated alkanes) is 5. The lowest BCUT2D eigenvalue weighted by Crippen LogP contribution is -2.48. The number of aliphatic hydroxyl groups is 1. The zero-order valence-corrected chi connectivity index (χ0v) is 14.2. The Hall–Kier alpha value is -0.0800. The van der Waals surface area contributed by atoms with Gasteiger partial charge in [0.05, 0.1) is 6.10 Å². The Morgan fingerprint density at radius 1 is 0.857 bits per heavy atom. The lowest BCUT2D eigenvalue weighted by molar-refractivity contribution is -0.00601. The van der Waals surface area contributed by atoms with Crippen molar-refractivity contribution in [3.63, 3.8) is 0 Å². The monoisotopic (exact) mass is 295 g/mol. The molecule has 21 heavy (non-hydrogen) atoms. The molecule has 3 atom stereocenters. The zero-order chi connectivity index (χ0) is 14.9. The van der Waals surface area contributed by atoms with E-state index in [1.54, 1.807) is 0 Å². The molecule has 124 valence electrons. The molecule has 2 rings (SSSR count). The maximum Gasteiger partial charge on any atom is 0.0583 e. The number of nitrogens with zero attached hydrogens (tertiary/aromatic N) is 1. The summed E-state index contributed by atoms with van der Waals surface area (Å²) in [6.45, 7) is 4.84. The molecule has 2 aliphatic rings. The molecular formula is C19H37NO. The second-order valence-electron chi connectivity index (χ2n) is 7.38. The van der Waals surface area contributed by atoms with Gasteiger partial charge in [0.2, 0.25) is 0 Å². The minimum atomic E-state index is -0.0195. The molecule has 1 aliphatic carbocycles. The summed E-state index contributed by atoms with van der Waals surface area (Å²) < 4.78 is 0. The fourth-order valence-corrected chi connectivity index (χ4v) is 4.46. The molecule has 3 unspecified atom stereocenters. The van der Waals surface area contributed by atoms with Crippen molar-refractivity contribution in [3.05, 3.63) is 0 Å². The van der Waals surface area contributed by atoms with Gasteiger partial charge in [-0.05, 0) is 45.2 Å². The van der Waals surface area contributed by atoms with Crippen molar-refractivity contribution in [2.24, 2.45) is 5.92 Å². The number of rotatable bonds is 8. The van der Waals surface area contributed by atoms with Crippen LogP contribution in [0.15, 0.2) is 0 Å². The van der Waals surface area contributed by atoms with Crippen LogP contribution in [0.25, 0.3) is 0 Å². The molecule has 2 nitrogen and oxygen atoms in total. The van der Waals surface area contributed by atoms with Gasteiger partial charge >= 0.3 is 0 Å². The predicted octanol–water partition coefficient (Wildman–Crippen LogP) is 4.75. The Bertz CT molecular complexity index is 268. The van der Waals surface area contributed by atoms with Crippen LogP contribution in [0, 0.1) is 5.92 Å². The van der Waals surface area contributed by atoms with E-state index >= 15 is 0 Å². The average Bonchev–Trinajstić information content (AvgIpc) is 2.52. The fraction of sp³-hybridized carbons (Fsp3) is 1.00. The molecule has 1 saturated carbocycles.